The number of aromatic nitrogens is 5. The van der Waals surface area contributed by atoms with E-state index >= 15 is 0 Å². The zero-order chi connectivity index (χ0) is 20.3. The Morgan fingerprint density at radius 2 is 2.00 bits per heavy atom. The van der Waals surface area contributed by atoms with Crippen molar-refractivity contribution < 1.29 is 0 Å². The molecule has 0 radical (unpaired) electrons. The Hall–Kier alpha value is -2.93. The normalized spacial score (nSPS) is 18.9. The van der Waals surface area contributed by atoms with Gasteiger partial charge in [0.25, 0.3) is 0 Å². The fourth-order valence-corrected chi connectivity index (χ4v) is 5.37. The summed E-state index contributed by atoms with van der Waals surface area (Å²) in [5.74, 6) is 1.47. The number of hydrogen-bond donors (Lipinski definition) is 1. The van der Waals surface area contributed by atoms with Crippen molar-refractivity contribution in [1.29, 1.82) is 0 Å². The van der Waals surface area contributed by atoms with E-state index in [1.165, 1.54) is 32.5 Å². The van der Waals surface area contributed by atoms with Crippen molar-refractivity contribution in [2.24, 2.45) is 11.3 Å². The Bertz CT molecular complexity index is 1210. The van der Waals surface area contributed by atoms with E-state index in [1.54, 1.807) is 0 Å². The van der Waals surface area contributed by atoms with E-state index in [-0.39, 0.29) is 0 Å². The summed E-state index contributed by atoms with van der Waals surface area (Å²) in [4.78, 5) is 11.5. The lowest BCUT2D eigenvalue weighted by molar-refractivity contribution is -0.0711. The molecule has 0 unspecified atom stereocenters. The van der Waals surface area contributed by atoms with Crippen molar-refractivity contribution in [1.82, 2.24) is 28.9 Å². The molecule has 7 heteroatoms. The molecule has 4 aromatic heterocycles. The first-order valence-electron chi connectivity index (χ1n) is 10.8. The Labute approximate surface area is 175 Å². The van der Waals surface area contributed by atoms with Crippen LogP contribution in [0.25, 0.3) is 22.3 Å². The number of pyridine rings is 1. The van der Waals surface area contributed by atoms with Gasteiger partial charge in [0.1, 0.15) is 5.65 Å². The second kappa shape index (κ2) is 6.54. The van der Waals surface area contributed by atoms with E-state index in [0.29, 0.717) is 17.4 Å². The van der Waals surface area contributed by atoms with Crippen LogP contribution in [0.15, 0.2) is 49.2 Å². The second-order valence-corrected chi connectivity index (χ2v) is 9.56. The van der Waals surface area contributed by atoms with Gasteiger partial charge in [-0.05, 0) is 42.4 Å². The largest absolute Gasteiger partial charge is 0.350 e. The second-order valence-electron chi connectivity index (χ2n) is 9.56. The summed E-state index contributed by atoms with van der Waals surface area (Å²) < 4.78 is 3.95. The Morgan fingerprint density at radius 1 is 1.13 bits per heavy atom. The summed E-state index contributed by atoms with van der Waals surface area (Å²) in [6, 6.07) is 6.72. The zero-order valence-corrected chi connectivity index (χ0v) is 17.5. The highest BCUT2D eigenvalue weighted by molar-refractivity contribution is 5.80. The number of nitrogens with zero attached hydrogens (tertiary/aromatic N) is 6. The number of anilines is 1. The van der Waals surface area contributed by atoms with Gasteiger partial charge in [0.05, 0.1) is 11.7 Å². The molecule has 30 heavy (non-hydrogen) atoms. The van der Waals surface area contributed by atoms with Gasteiger partial charge in [0.2, 0.25) is 5.95 Å². The molecule has 1 aliphatic heterocycles. The van der Waals surface area contributed by atoms with Gasteiger partial charge in [-0.15, -0.1) is 5.10 Å². The van der Waals surface area contributed by atoms with Crippen molar-refractivity contribution in [2.45, 2.75) is 32.7 Å². The third-order valence-electron chi connectivity index (χ3n) is 6.55. The van der Waals surface area contributed by atoms with Crippen LogP contribution in [0.3, 0.4) is 0 Å². The molecule has 0 amide bonds. The summed E-state index contributed by atoms with van der Waals surface area (Å²) in [6.07, 6.45) is 12.3. The number of rotatable bonds is 5. The topological polar surface area (TPSA) is 62.8 Å². The number of hydrogen-bond acceptors (Lipinski definition) is 5. The van der Waals surface area contributed by atoms with E-state index in [4.69, 9.17) is 5.10 Å². The van der Waals surface area contributed by atoms with Crippen LogP contribution in [0.2, 0.25) is 0 Å². The van der Waals surface area contributed by atoms with Crippen molar-refractivity contribution in [3.05, 3.63) is 49.2 Å². The van der Waals surface area contributed by atoms with Crippen molar-refractivity contribution >= 4 is 17.1 Å². The van der Waals surface area contributed by atoms with Crippen LogP contribution in [0, 0.1) is 11.3 Å². The fourth-order valence-electron chi connectivity index (χ4n) is 5.37. The van der Waals surface area contributed by atoms with Gasteiger partial charge in [-0.3, -0.25) is 0 Å². The van der Waals surface area contributed by atoms with Crippen LogP contribution >= 0.6 is 0 Å². The first-order chi connectivity index (χ1) is 14.6. The maximum Gasteiger partial charge on any atom is 0.241 e. The predicted molar refractivity (Wildman–Crippen MR) is 118 cm³/mol. The van der Waals surface area contributed by atoms with E-state index in [2.05, 4.69) is 52.4 Å². The molecule has 0 aromatic carbocycles. The predicted octanol–water partition coefficient (Wildman–Crippen LogP) is 3.58. The number of nitrogens with one attached hydrogen (secondary N) is 1. The summed E-state index contributed by atoms with van der Waals surface area (Å²) in [6.45, 7) is 8.33. The molecule has 7 nitrogen and oxygen atoms in total. The molecule has 0 atom stereocenters. The number of fused-ring (bicyclic) bond motifs is 2. The van der Waals surface area contributed by atoms with Gasteiger partial charge in [-0.1, -0.05) is 13.8 Å². The molecule has 5 heterocycles. The Morgan fingerprint density at radius 3 is 2.83 bits per heavy atom. The van der Waals surface area contributed by atoms with Crippen molar-refractivity contribution in [3.63, 3.8) is 0 Å². The van der Waals surface area contributed by atoms with Crippen molar-refractivity contribution in [3.8, 4) is 11.1 Å². The molecule has 1 N–H and O–H groups in total. The molecule has 6 rings (SSSR count). The molecule has 1 spiro atoms. The van der Waals surface area contributed by atoms with Crippen molar-refractivity contribution in [2.75, 3.05) is 25.0 Å². The monoisotopic (exact) mass is 401 g/mol. The maximum absolute atomic E-state index is 4.71. The lowest BCUT2D eigenvalue weighted by atomic mass is 9.60. The van der Waals surface area contributed by atoms with Crippen LogP contribution in [0.5, 0.6) is 0 Å². The molecule has 1 saturated carbocycles. The number of likely N-dealkylation sites (tertiary alicyclic amines) is 1. The molecule has 2 fully saturated rings. The van der Waals surface area contributed by atoms with Gasteiger partial charge in [0, 0.05) is 61.6 Å². The smallest absolute Gasteiger partial charge is 0.241 e. The van der Waals surface area contributed by atoms with Crippen LogP contribution in [-0.4, -0.2) is 54.6 Å². The van der Waals surface area contributed by atoms with Gasteiger partial charge < -0.3 is 14.6 Å². The van der Waals surface area contributed by atoms with Crippen LogP contribution in [-0.2, 0) is 0 Å². The highest BCUT2D eigenvalue weighted by Crippen LogP contribution is 2.49. The average molecular weight is 402 g/mol. The maximum atomic E-state index is 4.71. The van der Waals surface area contributed by atoms with Gasteiger partial charge in [-0.25, -0.2) is 14.5 Å². The van der Waals surface area contributed by atoms with Gasteiger partial charge >= 0.3 is 0 Å². The Balaban J connectivity index is 1.15. The quantitative estimate of drug-likeness (QED) is 0.554. The molecule has 0 bridgehead atoms. The van der Waals surface area contributed by atoms with Gasteiger partial charge in [0.15, 0.2) is 0 Å². The minimum Gasteiger partial charge on any atom is -0.350 e. The third-order valence-corrected chi connectivity index (χ3v) is 6.55. The summed E-state index contributed by atoms with van der Waals surface area (Å²) in [5.41, 5.74) is 4.75. The minimum absolute atomic E-state index is 0.488. The molecule has 1 aliphatic carbocycles. The molecule has 4 aromatic rings. The molecular weight excluding hydrogens is 374 g/mol. The lowest BCUT2D eigenvalue weighted by Crippen LogP contribution is -2.65. The lowest BCUT2D eigenvalue weighted by Gasteiger charge is -2.59. The highest BCUT2D eigenvalue weighted by Gasteiger charge is 2.52. The average Bonchev–Trinajstić information content (AvgIpc) is 3.29. The molecular formula is C23H27N7. The standard InChI is InChI=1S/C23H27N7/c1-16(2)12-28-14-23(15-28)9-18(10-23)26-22-25-11-20-19(5-7-30(20)27-22)17-3-4-21-24-6-8-29(21)13-17/h3-8,11,13,16,18H,9-10,12,14-15H2,1-2H3,(H,26,27). The van der Waals surface area contributed by atoms with E-state index < -0.39 is 0 Å². The highest BCUT2D eigenvalue weighted by atomic mass is 15.3. The minimum atomic E-state index is 0.488. The third kappa shape index (κ3) is 2.96. The zero-order valence-electron chi connectivity index (χ0n) is 17.5. The molecule has 154 valence electrons. The molecule has 1 saturated heterocycles. The summed E-state index contributed by atoms with van der Waals surface area (Å²) >= 11 is 0. The fraction of sp³-hybridized carbons (Fsp3) is 0.435. The molecule has 2 aliphatic rings. The van der Waals surface area contributed by atoms with Gasteiger partial charge in [-0.2, -0.15) is 0 Å². The van der Waals surface area contributed by atoms with Crippen LogP contribution in [0.1, 0.15) is 26.7 Å². The first-order valence-corrected chi connectivity index (χ1v) is 10.8. The number of imidazole rings is 1. The van der Waals surface area contributed by atoms with E-state index in [0.717, 1.165) is 28.2 Å². The van der Waals surface area contributed by atoms with Crippen LogP contribution in [0.4, 0.5) is 5.95 Å². The summed E-state index contributed by atoms with van der Waals surface area (Å²) in [5, 5.41) is 8.25. The first kappa shape index (κ1) is 17.9. The van der Waals surface area contributed by atoms with E-state index in [1.807, 2.05) is 39.8 Å². The SMILES string of the molecule is CC(C)CN1CC2(CC(Nc3ncc4c(-c5ccc6nccn6c5)ccn4n3)C2)C1. The van der Waals surface area contributed by atoms with E-state index in [9.17, 15) is 0 Å². The van der Waals surface area contributed by atoms with Crippen LogP contribution < -0.4 is 5.32 Å². The summed E-state index contributed by atoms with van der Waals surface area (Å²) in [7, 11) is 0. The Kier molecular flexibility index (Phi) is 3.90.